The quantitative estimate of drug-likeness (QED) is 0.866. The number of hydrogen-bond acceptors (Lipinski definition) is 5. The largest absolute Gasteiger partial charge is 0.389 e. The van der Waals surface area contributed by atoms with Crippen LogP contribution in [0.2, 0.25) is 0 Å². The van der Waals surface area contributed by atoms with E-state index in [0.29, 0.717) is 10.6 Å². The second-order valence-electron chi connectivity index (χ2n) is 4.79. The molecule has 5 heteroatoms. The van der Waals surface area contributed by atoms with Crippen LogP contribution in [0.5, 0.6) is 0 Å². The van der Waals surface area contributed by atoms with Crippen LogP contribution in [0.25, 0.3) is 11.3 Å². The normalized spacial score (nSPS) is 10.7. The number of anilines is 1. The number of rotatable bonds is 6. The summed E-state index contributed by atoms with van der Waals surface area (Å²) in [5, 5.41) is 13.9. The summed E-state index contributed by atoms with van der Waals surface area (Å²) in [7, 11) is 0. The van der Waals surface area contributed by atoms with Crippen LogP contribution in [0.4, 0.5) is 5.00 Å². The fourth-order valence-electron chi connectivity index (χ4n) is 2.26. The second kappa shape index (κ2) is 6.58. The lowest BCUT2D eigenvalue weighted by atomic mass is 10.0. The van der Waals surface area contributed by atoms with Gasteiger partial charge in [-0.25, -0.2) is 0 Å². The van der Waals surface area contributed by atoms with Gasteiger partial charge in [-0.05, 0) is 19.3 Å². The maximum atomic E-state index is 9.36. The number of nitrogens with zero attached hydrogens (tertiary/aromatic N) is 2. The first-order chi connectivity index (χ1) is 9.72. The Morgan fingerprint density at radius 1 is 1.35 bits per heavy atom. The molecule has 2 rings (SSSR count). The Balaban J connectivity index is 2.51. The van der Waals surface area contributed by atoms with Gasteiger partial charge in [0.25, 0.3) is 0 Å². The van der Waals surface area contributed by atoms with E-state index in [1.807, 2.05) is 0 Å². The van der Waals surface area contributed by atoms with Gasteiger partial charge in [0, 0.05) is 10.4 Å². The molecule has 0 fully saturated rings. The van der Waals surface area contributed by atoms with Crippen molar-refractivity contribution in [1.82, 2.24) is 5.16 Å². The van der Waals surface area contributed by atoms with Crippen molar-refractivity contribution in [3.63, 3.8) is 0 Å². The summed E-state index contributed by atoms with van der Waals surface area (Å²) in [5.41, 5.74) is 8.44. The molecule has 0 radical (unpaired) electrons. The van der Waals surface area contributed by atoms with Gasteiger partial charge in [-0.15, -0.1) is 11.3 Å². The van der Waals surface area contributed by atoms with Crippen molar-refractivity contribution >= 4 is 16.3 Å². The number of nitrogens with two attached hydrogens (primary N) is 1. The van der Waals surface area contributed by atoms with Crippen molar-refractivity contribution in [2.75, 3.05) is 5.73 Å². The smallest absolute Gasteiger partial charge is 0.172 e. The molecule has 0 saturated carbocycles. The Morgan fingerprint density at radius 2 is 2.15 bits per heavy atom. The average Bonchev–Trinajstić information content (AvgIpc) is 3.00. The Bertz CT molecular complexity index is 622. The molecule has 20 heavy (non-hydrogen) atoms. The lowest BCUT2D eigenvalue weighted by molar-refractivity contribution is 0.431. The molecule has 2 heterocycles. The number of thiophene rings is 1. The maximum Gasteiger partial charge on any atom is 0.172 e. The first kappa shape index (κ1) is 14.6. The summed E-state index contributed by atoms with van der Waals surface area (Å²) < 4.78 is 5.44. The highest BCUT2D eigenvalue weighted by Crippen LogP contribution is 2.40. The molecule has 0 bridgehead atoms. The third-order valence-corrected chi connectivity index (χ3v) is 4.35. The monoisotopic (exact) mass is 289 g/mol. The minimum Gasteiger partial charge on any atom is -0.389 e. The van der Waals surface area contributed by atoms with Crippen molar-refractivity contribution < 1.29 is 4.52 Å². The zero-order chi connectivity index (χ0) is 14.5. The lowest BCUT2D eigenvalue weighted by Crippen LogP contribution is -1.91. The Morgan fingerprint density at radius 3 is 2.80 bits per heavy atom. The van der Waals surface area contributed by atoms with Crippen LogP contribution in [0.15, 0.2) is 10.7 Å². The predicted molar refractivity (Wildman–Crippen MR) is 81.6 cm³/mol. The highest BCUT2D eigenvalue weighted by atomic mass is 32.1. The minimum atomic E-state index is 0.535. The summed E-state index contributed by atoms with van der Waals surface area (Å²) >= 11 is 1.49. The number of hydrogen-bond donors (Lipinski definition) is 1. The minimum absolute atomic E-state index is 0.535. The highest BCUT2D eigenvalue weighted by Gasteiger charge is 2.23. The third-order valence-electron chi connectivity index (χ3n) is 3.27. The molecule has 106 valence electrons. The number of unbranched alkanes of at least 4 members (excludes halogenated alkanes) is 1. The number of nitriles is 1. The average molecular weight is 289 g/mol. The molecule has 2 aromatic heterocycles. The topological polar surface area (TPSA) is 75.8 Å². The van der Waals surface area contributed by atoms with E-state index in [0.717, 1.165) is 53.9 Å². The second-order valence-corrected chi connectivity index (χ2v) is 5.92. The predicted octanol–water partition coefficient (Wildman–Crippen LogP) is 4.15. The van der Waals surface area contributed by atoms with Gasteiger partial charge in [0.2, 0.25) is 0 Å². The molecule has 4 nitrogen and oxygen atoms in total. The number of aryl methyl sites for hydroxylation is 2. The van der Waals surface area contributed by atoms with Gasteiger partial charge in [0.1, 0.15) is 11.1 Å². The Labute approximate surface area is 123 Å². The van der Waals surface area contributed by atoms with Crippen LogP contribution >= 0.6 is 11.3 Å². The van der Waals surface area contributed by atoms with E-state index in [-0.39, 0.29) is 0 Å². The standard InChI is InChI=1S/C15H19N3OS/c1-3-5-7-10-9-18-19-14(10)13-11(8-16)15(17)20-12(13)6-4-2/h9H,3-7,17H2,1-2H3. The van der Waals surface area contributed by atoms with Crippen molar-refractivity contribution in [3.05, 3.63) is 22.2 Å². The van der Waals surface area contributed by atoms with Crippen LogP contribution in [-0.4, -0.2) is 5.16 Å². The van der Waals surface area contributed by atoms with E-state index < -0.39 is 0 Å². The number of aromatic nitrogens is 1. The Hall–Kier alpha value is -1.80. The van der Waals surface area contributed by atoms with Crippen LogP contribution in [-0.2, 0) is 12.8 Å². The van der Waals surface area contributed by atoms with Crippen molar-refractivity contribution in [1.29, 1.82) is 5.26 Å². The van der Waals surface area contributed by atoms with E-state index in [1.165, 1.54) is 11.3 Å². The summed E-state index contributed by atoms with van der Waals surface area (Å²) in [6.07, 6.45) is 6.79. The molecule has 0 aliphatic carbocycles. The molecule has 2 aromatic rings. The molecular formula is C15H19N3OS. The molecule has 0 aliphatic heterocycles. The van der Waals surface area contributed by atoms with Gasteiger partial charge in [-0.1, -0.05) is 31.8 Å². The molecule has 0 unspecified atom stereocenters. The SMILES string of the molecule is CCCCc1cnoc1-c1c(CCC)sc(N)c1C#N. The molecule has 0 atom stereocenters. The van der Waals surface area contributed by atoms with Crippen molar-refractivity contribution in [2.24, 2.45) is 0 Å². The molecule has 0 aliphatic rings. The van der Waals surface area contributed by atoms with Crippen molar-refractivity contribution in [3.8, 4) is 17.4 Å². The molecule has 0 spiro atoms. The maximum absolute atomic E-state index is 9.36. The molecule has 0 aromatic carbocycles. The van der Waals surface area contributed by atoms with Gasteiger partial charge in [0.15, 0.2) is 5.76 Å². The summed E-state index contributed by atoms with van der Waals surface area (Å²) in [5.74, 6) is 0.728. The van der Waals surface area contributed by atoms with Gasteiger partial charge >= 0.3 is 0 Å². The zero-order valence-corrected chi connectivity index (χ0v) is 12.7. The summed E-state index contributed by atoms with van der Waals surface area (Å²) in [6, 6.07) is 2.21. The molecule has 0 saturated heterocycles. The van der Waals surface area contributed by atoms with E-state index in [9.17, 15) is 5.26 Å². The lowest BCUT2D eigenvalue weighted by Gasteiger charge is -2.03. The number of nitrogen functional groups attached to an aromatic ring is 1. The third kappa shape index (κ3) is 2.70. The van der Waals surface area contributed by atoms with Gasteiger partial charge in [0.05, 0.1) is 17.3 Å². The Kier molecular flexibility index (Phi) is 4.80. The van der Waals surface area contributed by atoms with E-state index >= 15 is 0 Å². The molecule has 2 N–H and O–H groups in total. The van der Waals surface area contributed by atoms with Crippen LogP contribution in [0.1, 0.15) is 49.1 Å². The summed E-state index contributed by atoms with van der Waals surface area (Å²) in [6.45, 7) is 4.27. The first-order valence-corrected chi connectivity index (χ1v) is 7.79. The fraction of sp³-hybridized carbons (Fsp3) is 0.467. The molecular weight excluding hydrogens is 270 g/mol. The van der Waals surface area contributed by atoms with Gasteiger partial charge in [-0.2, -0.15) is 5.26 Å². The van der Waals surface area contributed by atoms with Gasteiger partial charge < -0.3 is 10.3 Å². The van der Waals surface area contributed by atoms with E-state index in [1.54, 1.807) is 6.20 Å². The van der Waals surface area contributed by atoms with Crippen LogP contribution < -0.4 is 5.73 Å². The van der Waals surface area contributed by atoms with Gasteiger partial charge in [-0.3, -0.25) is 0 Å². The van der Waals surface area contributed by atoms with E-state index in [4.69, 9.17) is 10.3 Å². The fourth-order valence-corrected chi connectivity index (χ4v) is 3.38. The zero-order valence-electron chi connectivity index (χ0n) is 11.9. The highest BCUT2D eigenvalue weighted by molar-refractivity contribution is 7.16. The van der Waals surface area contributed by atoms with Crippen molar-refractivity contribution in [2.45, 2.75) is 46.0 Å². The molecule has 0 amide bonds. The van der Waals surface area contributed by atoms with Crippen LogP contribution in [0, 0.1) is 11.3 Å². The van der Waals surface area contributed by atoms with Crippen LogP contribution in [0.3, 0.4) is 0 Å². The van der Waals surface area contributed by atoms with E-state index in [2.05, 4.69) is 25.1 Å². The summed E-state index contributed by atoms with van der Waals surface area (Å²) in [4.78, 5) is 1.12. The first-order valence-electron chi connectivity index (χ1n) is 6.98.